The maximum atomic E-state index is 11.7. The van der Waals surface area contributed by atoms with E-state index >= 15 is 0 Å². The summed E-state index contributed by atoms with van der Waals surface area (Å²) in [5, 5.41) is 9.60. The smallest absolute Gasteiger partial charge is 0.341 e. The van der Waals surface area contributed by atoms with E-state index in [1.165, 1.54) is 23.9 Å². The zero-order valence-corrected chi connectivity index (χ0v) is 9.02. The fraction of sp³-hybridized carbons (Fsp3) is 0.100. The molecule has 1 N–H and O–H groups in total. The van der Waals surface area contributed by atoms with Crippen LogP contribution in [0.15, 0.2) is 23.1 Å². The summed E-state index contributed by atoms with van der Waals surface area (Å²) in [7, 11) is 1.46. The number of carboxylic acid groups (broad SMARTS) is 1. The van der Waals surface area contributed by atoms with Crippen LogP contribution < -0.4 is 5.56 Å². The SMILES string of the molecule is Cn1c(=O)c(C(=O)O)cc2ccnc(Cl)c21. The van der Waals surface area contributed by atoms with Crippen molar-refractivity contribution in [2.45, 2.75) is 0 Å². The molecule has 0 fully saturated rings. The van der Waals surface area contributed by atoms with E-state index in [2.05, 4.69) is 4.98 Å². The average molecular weight is 239 g/mol. The van der Waals surface area contributed by atoms with Crippen LogP contribution in [0, 0.1) is 0 Å². The second-order valence-electron chi connectivity index (χ2n) is 3.27. The first-order chi connectivity index (χ1) is 7.52. The van der Waals surface area contributed by atoms with Crippen molar-refractivity contribution < 1.29 is 9.90 Å². The molecule has 0 spiro atoms. The summed E-state index contributed by atoms with van der Waals surface area (Å²) in [4.78, 5) is 26.4. The minimum absolute atomic E-state index is 0.175. The van der Waals surface area contributed by atoms with Gasteiger partial charge in [0.25, 0.3) is 5.56 Å². The number of fused-ring (bicyclic) bond motifs is 1. The van der Waals surface area contributed by atoms with Gasteiger partial charge >= 0.3 is 5.97 Å². The number of carboxylic acids is 1. The largest absolute Gasteiger partial charge is 0.477 e. The van der Waals surface area contributed by atoms with Gasteiger partial charge in [0.2, 0.25) is 0 Å². The van der Waals surface area contributed by atoms with Crippen molar-refractivity contribution in [3.63, 3.8) is 0 Å². The van der Waals surface area contributed by atoms with E-state index in [-0.39, 0.29) is 10.7 Å². The number of nitrogens with zero attached hydrogens (tertiary/aromatic N) is 2. The van der Waals surface area contributed by atoms with Crippen LogP contribution in [0.2, 0.25) is 5.15 Å². The van der Waals surface area contributed by atoms with Gasteiger partial charge in [0, 0.05) is 18.6 Å². The van der Waals surface area contributed by atoms with Gasteiger partial charge in [-0.3, -0.25) is 4.79 Å². The van der Waals surface area contributed by atoms with Crippen LogP contribution in [0.25, 0.3) is 10.9 Å². The fourth-order valence-corrected chi connectivity index (χ4v) is 1.84. The van der Waals surface area contributed by atoms with Crippen molar-refractivity contribution in [1.29, 1.82) is 0 Å². The minimum atomic E-state index is -1.25. The highest BCUT2D eigenvalue weighted by Crippen LogP contribution is 2.19. The molecule has 2 rings (SSSR count). The van der Waals surface area contributed by atoms with E-state index in [9.17, 15) is 9.59 Å². The zero-order chi connectivity index (χ0) is 11.9. The monoisotopic (exact) mass is 238 g/mol. The summed E-state index contributed by atoms with van der Waals surface area (Å²) >= 11 is 5.85. The van der Waals surface area contributed by atoms with Gasteiger partial charge in [0.15, 0.2) is 5.15 Å². The van der Waals surface area contributed by atoms with Gasteiger partial charge in [0.05, 0.1) is 5.52 Å². The van der Waals surface area contributed by atoms with Gasteiger partial charge in [-0.15, -0.1) is 0 Å². The molecule has 2 aromatic rings. The topological polar surface area (TPSA) is 72.2 Å². The van der Waals surface area contributed by atoms with Crippen molar-refractivity contribution in [2.75, 3.05) is 0 Å². The van der Waals surface area contributed by atoms with Gasteiger partial charge in [0.1, 0.15) is 5.56 Å². The molecule has 0 unspecified atom stereocenters. The molecule has 0 aliphatic heterocycles. The second-order valence-corrected chi connectivity index (χ2v) is 3.62. The molecule has 0 atom stereocenters. The maximum absolute atomic E-state index is 11.7. The number of aromatic nitrogens is 2. The summed E-state index contributed by atoms with van der Waals surface area (Å²) in [5.74, 6) is -1.25. The Morgan fingerprint density at radius 2 is 2.25 bits per heavy atom. The van der Waals surface area contributed by atoms with Crippen LogP contribution in [-0.2, 0) is 7.05 Å². The van der Waals surface area contributed by atoms with Crippen LogP contribution in [0.5, 0.6) is 0 Å². The number of carbonyl (C=O) groups is 1. The van der Waals surface area contributed by atoms with E-state index in [0.29, 0.717) is 10.9 Å². The average Bonchev–Trinajstić information content (AvgIpc) is 2.22. The fourth-order valence-electron chi connectivity index (χ4n) is 1.54. The molecule has 6 heteroatoms. The normalized spacial score (nSPS) is 10.6. The van der Waals surface area contributed by atoms with E-state index in [1.807, 2.05) is 0 Å². The first-order valence-corrected chi connectivity index (χ1v) is 4.77. The Balaban J connectivity index is 3.00. The molecule has 0 saturated carbocycles. The molecule has 82 valence electrons. The van der Waals surface area contributed by atoms with Gasteiger partial charge in [-0.25, -0.2) is 9.78 Å². The van der Waals surface area contributed by atoms with Crippen LogP contribution >= 0.6 is 11.6 Å². The first-order valence-electron chi connectivity index (χ1n) is 4.40. The quantitative estimate of drug-likeness (QED) is 0.760. The van der Waals surface area contributed by atoms with Crippen molar-refractivity contribution in [2.24, 2.45) is 7.05 Å². The van der Waals surface area contributed by atoms with E-state index in [0.717, 1.165) is 0 Å². The van der Waals surface area contributed by atoms with Crippen molar-refractivity contribution in [3.8, 4) is 0 Å². The van der Waals surface area contributed by atoms with Crippen molar-refractivity contribution in [3.05, 3.63) is 39.4 Å². The molecule has 0 aromatic carbocycles. The van der Waals surface area contributed by atoms with Gasteiger partial charge < -0.3 is 9.67 Å². The lowest BCUT2D eigenvalue weighted by molar-refractivity contribution is 0.0694. The molecule has 0 aliphatic rings. The second kappa shape index (κ2) is 3.61. The molecular formula is C10H7ClN2O3. The van der Waals surface area contributed by atoms with E-state index in [1.54, 1.807) is 6.07 Å². The lowest BCUT2D eigenvalue weighted by Gasteiger charge is -2.06. The summed E-state index contributed by atoms with van der Waals surface area (Å²) in [5.41, 5.74) is -0.452. The Labute approximate surface area is 94.9 Å². The third-order valence-electron chi connectivity index (χ3n) is 2.31. The Hall–Kier alpha value is -1.88. The molecule has 5 nitrogen and oxygen atoms in total. The molecule has 0 amide bonds. The molecule has 0 aliphatic carbocycles. The predicted molar refractivity (Wildman–Crippen MR) is 59.0 cm³/mol. The highest BCUT2D eigenvalue weighted by Gasteiger charge is 2.14. The minimum Gasteiger partial charge on any atom is -0.477 e. The van der Waals surface area contributed by atoms with Crippen LogP contribution in [0.4, 0.5) is 0 Å². The Morgan fingerprint density at radius 3 is 2.88 bits per heavy atom. The number of pyridine rings is 2. The molecular weight excluding hydrogens is 232 g/mol. The number of aryl methyl sites for hydroxylation is 1. The summed E-state index contributed by atoms with van der Waals surface area (Å²) in [6, 6.07) is 2.90. The van der Waals surface area contributed by atoms with Crippen molar-refractivity contribution >= 4 is 28.5 Å². The van der Waals surface area contributed by atoms with E-state index < -0.39 is 11.5 Å². The molecule has 16 heavy (non-hydrogen) atoms. The number of hydrogen-bond donors (Lipinski definition) is 1. The Kier molecular flexibility index (Phi) is 2.40. The van der Waals surface area contributed by atoms with Crippen LogP contribution in [-0.4, -0.2) is 20.6 Å². The standard InChI is InChI=1S/C10H7ClN2O3/c1-13-7-5(2-3-12-8(7)11)4-6(9(13)14)10(15)16/h2-4H,1H3,(H,15,16). The predicted octanol–water partition coefficient (Wildman–Crippen LogP) is 1.29. The van der Waals surface area contributed by atoms with Gasteiger partial charge in [-0.05, 0) is 12.1 Å². The van der Waals surface area contributed by atoms with Gasteiger partial charge in [-0.2, -0.15) is 0 Å². The van der Waals surface area contributed by atoms with Crippen LogP contribution in [0.1, 0.15) is 10.4 Å². The lowest BCUT2D eigenvalue weighted by Crippen LogP contribution is -2.24. The molecule has 2 heterocycles. The van der Waals surface area contributed by atoms with Gasteiger partial charge in [-0.1, -0.05) is 11.6 Å². The molecule has 0 radical (unpaired) electrons. The number of halogens is 1. The molecule has 0 bridgehead atoms. The Morgan fingerprint density at radius 1 is 1.56 bits per heavy atom. The Bertz CT molecular complexity index is 648. The number of hydrogen-bond acceptors (Lipinski definition) is 3. The van der Waals surface area contributed by atoms with Crippen LogP contribution in [0.3, 0.4) is 0 Å². The molecule has 0 saturated heterocycles. The molecule has 2 aromatic heterocycles. The van der Waals surface area contributed by atoms with Crippen molar-refractivity contribution in [1.82, 2.24) is 9.55 Å². The summed E-state index contributed by atoms with van der Waals surface area (Å²) in [6.45, 7) is 0. The third kappa shape index (κ3) is 1.45. The first kappa shape index (κ1) is 10.6. The zero-order valence-electron chi connectivity index (χ0n) is 8.27. The summed E-state index contributed by atoms with van der Waals surface area (Å²) in [6.07, 6.45) is 1.46. The maximum Gasteiger partial charge on any atom is 0.341 e. The highest BCUT2D eigenvalue weighted by atomic mass is 35.5. The highest BCUT2D eigenvalue weighted by molar-refractivity contribution is 6.33. The van der Waals surface area contributed by atoms with E-state index in [4.69, 9.17) is 16.7 Å². The number of aromatic carboxylic acids is 1. The number of rotatable bonds is 1. The lowest BCUT2D eigenvalue weighted by atomic mass is 10.2. The third-order valence-corrected chi connectivity index (χ3v) is 2.59. The summed E-state index contributed by atoms with van der Waals surface area (Å²) < 4.78 is 1.19.